The number of aromatic nitrogens is 7. The molecule has 0 radical (unpaired) electrons. The van der Waals surface area contributed by atoms with Gasteiger partial charge in [-0.3, -0.25) is 14.9 Å². The van der Waals surface area contributed by atoms with Crippen LogP contribution in [-0.2, 0) is 12.8 Å². The first-order valence-corrected chi connectivity index (χ1v) is 14.2. The Balaban J connectivity index is 1.03. The summed E-state index contributed by atoms with van der Waals surface area (Å²) >= 11 is 6.38. The van der Waals surface area contributed by atoms with Crippen LogP contribution in [0, 0.1) is 5.92 Å². The van der Waals surface area contributed by atoms with E-state index in [0.717, 1.165) is 59.6 Å². The molecule has 9 rings (SSSR count). The second-order valence-electron chi connectivity index (χ2n) is 11.3. The Kier molecular flexibility index (Phi) is 4.76. The Bertz CT molecular complexity index is 2020. The van der Waals surface area contributed by atoms with Gasteiger partial charge in [0.05, 0.1) is 23.6 Å². The fraction of sp³-hybridized carbons (Fsp3) is 0.226. The van der Waals surface area contributed by atoms with Crippen molar-refractivity contribution < 1.29 is 0 Å². The minimum absolute atomic E-state index is 0.00572. The van der Waals surface area contributed by atoms with Gasteiger partial charge in [-0.05, 0) is 87.7 Å². The third kappa shape index (κ3) is 3.48. The molecule has 0 bridgehead atoms. The molecule has 2 aliphatic carbocycles. The maximum Gasteiger partial charge on any atom is 0.251 e. The number of nitrogens with one attached hydrogen (secondary N) is 1. The number of nitrogens with zero attached hydrogens (tertiary/aromatic N) is 7. The number of fused-ring (bicyclic) bond motifs is 6. The topological polar surface area (TPSA) is 107 Å². The number of halogens is 1. The number of rotatable bonds is 4. The highest BCUT2D eigenvalue weighted by Crippen LogP contribution is 2.60. The number of H-pyrrole nitrogens is 1. The third-order valence-electron chi connectivity index (χ3n) is 9.09. The van der Waals surface area contributed by atoms with Crippen LogP contribution in [0.4, 0.5) is 0 Å². The van der Waals surface area contributed by atoms with E-state index in [9.17, 15) is 4.79 Å². The summed E-state index contributed by atoms with van der Waals surface area (Å²) in [6, 6.07) is 16.1. The van der Waals surface area contributed by atoms with E-state index in [1.54, 1.807) is 23.1 Å². The summed E-state index contributed by atoms with van der Waals surface area (Å²) in [5.41, 5.74) is 12.0. The summed E-state index contributed by atoms with van der Waals surface area (Å²) in [5, 5.41) is 19.6. The smallest absolute Gasteiger partial charge is 0.251 e. The second-order valence-corrected chi connectivity index (χ2v) is 11.8. The Hall–Kier alpha value is -4.63. The fourth-order valence-corrected chi connectivity index (χ4v) is 7.27. The van der Waals surface area contributed by atoms with Crippen molar-refractivity contribution in [2.24, 2.45) is 10.9 Å². The van der Waals surface area contributed by atoms with Crippen molar-refractivity contribution in [3.8, 4) is 28.1 Å². The van der Waals surface area contributed by atoms with Gasteiger partial charge in [0.2, 0.25) is 0 Å². The molecule has 4 aliphatic rings. The van der Waals surface area contributed by atoms with E-state index in [1.807, 2.05) is 29.1 Å². The van der Waals surface area contributed by atoms with Crippen molar-refractivity contribution in [3.63, 3.8) is 0 Å². The molecule has 41 heavy (non-hydrogen) atoms. The largest absolute Gasteiger partial charge is 0.303 e. The van der Waals surface area contributed by atoms with Crippen molar-refractivity contribution in [2.45, 2.75) is 37.6 Å². The number of aromatic amines is 1. The van der Waals surface area contributed by atoms with Gasteiger partial charge in [0.1, 0.15) is 6.33 Å². The molecule has 1 N–H and O–H groups in total. The van der Waals surface area contributed by atoms with E-state index < -0.39 is 0 Å². The molecule has 1 saturated carbocycles. The van der Waals surface area contributed by atoms with E-state index in [-0.39, 0.29) is 11.6 Å². The normalized spacial score (nSPS) is 21.5. The van der Waals surface area contributed by atoms with Crippen LogP contribution in [0.3, 0.4) is 0 Å². The van der Waals surface area contributed by atoms with Gasteiger partial charge in [-0.1, -0.05) is 29.8 Å². The predicted octanol–water partition coefficient (Wildman–Crippen LogP) is 5.18. The summed E-state index contributed by atoms with van der Waals surface area (Å²) in [4.78, 5) is 18.6. The molecule has 0 saturated heterocycles. The van der Waals surface area contributed by atoms with Crippen LogP contribution in [0.25, 0.3) is 33.6 Å². The van der Waals surface area contributed by atoms with Gasteiger partial charge in [-0.15, -0.1) is 5.10 Å². The maximum absolute atomic E-state index is 13.7. The molecule has 3 aromatic heterocycles. The van der Waals surface area contributed by atoms with Gasteiger partial charge in [0, 0.05) is 52.2 Å². The molecule has 5 aromatic rings. The minimum Gasteiger partial charge on any atom is -0.303 e. The number of pyridine rings is 1. The van der Waals surface area contributed by atoms with Crippen LogP contribution < -0.4 is 5.56 Å². The second kappa shape index (κ2) is 8.44. The van der Waals surface area contributed by atoms with E-state index in [2.05, 4.69) is 50.0 Å². The van der Waals surface area contributed by atoms with Crippen molar-refractivity contribution in [2.75, 3.05) is 0 Å². The van der Waals surface area contributed by atoms with Crippen molar-refractivity contribution >= 4 is 22.9 Å². The average Bonchev–Trinajstić information content (AvgIpc) is 3.50. The lowest BCUT2D eigenvalue weighted by Gasteiger charge is -2.20. The van der Waals surface area contributed by atoms with Crippen molar-refractivity contribution in [1.82, 2.24) is 35.0 Å². The highest BCUT2D eigenvalue weighted by molar-refractivity contribution is 6.31. The number of tetrazole rings is 1. The summed E-state index contributed by atoms with van der Waals surface area (Å²) in [5.74, 6) is 0.771. The van der Waals surface area contributed by atoms with Gasteiger partial charge >= 0.3 is 0 Å². The first kappa shape index (κ1) is 23.1. The highest BCUT2D eigenvalue weighted by atomic mass is 35.5. The molecule has 10 heteroatoms. The predicted molar refractivity (Wildman–Crippen MR) is 155 cm³/mol. The molecule has 2 aromatic carbocycles. The van der Waals surface area contributed by atoms with Crippen molar-refractivity contribution in [3.05, 3.63) is 105 Å². The number of hydrogen-bond acceptors (Lipinski definition) is 6. The molecule has 2 aliphatic heterocycles. The molecule has 9 nitrogen and oxygen atoms in total. The van der Waals surface area contributed by atoms with Gasteiger partial charge < -0.3 is 4.57 Å². The molecule has 0 amide bonds. The zero-order chi connectivity index (χ0) is 27.2. The minimum atomic E-state index is -0.0161. The molecule has 3 atom stereocenters. The Morgan fingerprint density at radius 3 is 2.80 bits per heavy atom. The highest BCUT2D eigenvalue weighted by Gasteiger charge is 2.54. The summed E-state index contributed by atoms with van der Waals surface area (Å²) in [6.07, 6.45) is 9.32. The molecule has 5 heterocycles. The Morgan fingerprint density at radius 2 is 1.90 bits per heavy atom. The van der Waals surface area contributed by atoms with E-state index in [4.69, 9.17) is 16.6 Å². The van der Waals surface area contributed by atoms with Gasteiger partial charge in [-0.2, -0.15) is 9.78 Å². The average molecular weight is 559 g/mol. The lowest BCUT2D eigenvalue weighted by molar-refractivity contribution is 0.584. The summed E-state index contributed by atoms with van der Waals surface area (Å²) in [6.45, 7) is 0. The quantitative estimate of drug-likeness (QED) is 0.327. The number of allylic oxidation sites excluding steroid dienone is 1. The van der Waals surface area contributed by atoms with E-state index in [0.29, 0.717) is 16.9 Å². The summed E-state index contributed by atoms with van der Waals surface area (Å²) in [7, 11) is 0. The SMILES string of the molecule is O=c1cc(-c2cc(Cl)ccc2-n2cnnn2)cc2n1[C@H](C1=NC=C(c3ccc4c(c3)CCc3cn[nH]c3-4)C1)[C@H]1C[C@@H]21. The number of aliphatic imine (C=N–C) groups is 1. The van der Waals surface area contributed by atoms with Crippen LogP contribution in [0.1, 0.15) is 47.2 Å². The van der Waals surface area contributed by atoms with E-state index >= 15 is 0 Å². The number of benzene rings is 2. The number of hydrogen-bond donors (Lipinski definition) is 1. The number of aryl methyl sites for hydroxylation is 2. The van der Waals surface area contributed by atoms with Crippen LogP contribution in [0.2, 0.25) is 5.02 Å². The molecule has 1 fully saturated rings. The monoisotopic (exact) mass is 558 g/mol. The molecule has 0 spiro atoms. The van der Waals surface area contributed by atoms with Gasteiger partial charge in [-0.25, -0.2) is 0 Å². The molecular weight excluding hydrogens is 536 g/mol. The first-order chi connectivity index (χ1) is 20.1. The van der Waals surface area contributed by atoms with Gasteiger partial charge in [0.15, 0.2) is 0 Å². The van der Waals surface area contributed by atoms with Crippen LogP contribution in [-0.4, -0.2) is 40.7 Å². The Morgan fingerprint density at radius 1 is 0.976 bits per heavy atom. The Labute approximate surface area is 239 Å². The zero-order valence-electron chi connectivity index (χ0n) is 21.8. The van der Waals surface area contributed by atoms with Crippen LogP contribution in [0.15, 0.2) is 77.0 Å². The lowest BCUT2D eigenvalue weighted by Crippen LogP contribution is -2.29. The van der Waals surface area contributed by atoms with Crippen molar-refractivity contribution in [1.29, 1.82) is 0 Å². The molecule has 0 unspecified atom stereocenters. The summed E-state index contributed by atoms with van der Waals surface area (Å²) < 4.78 is 3.57. The third-order valence-corrected chi connectivity index (χ3v) is 9.33. The van der Waals surface area contributed by atoms with Crippen LogP contribution in [0.5, 0.6) is 0 Å². The standard InChI is InChI=1S/C31H23ClN8O/c32-21-4-6-27(39-15-35-37-38-39)23(11-21)19-9-28-24-12-25(24)31(40(28)29(41)10-19)26-8-20(13-33-26)16-3-5-22-17(7-16)1-2-18-14-34-36-30(18)22/h3-7,9-11,13-15,24-25,31H,1-2,8,12H2,(H,34,36)/t24-,25+,31+/m1/s1. The molecular formula is C31H23ClN8O. The maximum atomic E-state index is 13.7. The lowest BCUT2D eigenvalue weighted by atomic mass is 9.87. The molecule has 200 valence electrons. The van der Waals surface area contributed by atoms with Crippen LogP contribution >= 0.6 is 11.6 Å². The zero-order valence-corrected chi connectivity index (χ0v) is 22.6. The van der Waals surface area contributed by atoms with Gasteiger partial charge in [0.25, 0.3) is 5.56 Å². The van der Waals surface area contributed by atoms with E-state index in [1.165, 1.54) is 27.8 Å². The first-order valence-electron chi connectivity index (χ1n) is 13.8. The fourth-order valence-electron chi connectivity index (χ4n) is 7.09.